The fourth-order valence-corrected chi connectivity index (χ4v) is 2.77. The van der Waals surface area contributed by atoms with Crippen molar-refractivity contribution in [3.05, 3.63) is 18.2 Å². The molecule has 24 heavy (non-hydrogen) atoms. The van der Waals surface area contributed by atoms with Crippen LogP contribution < -0.4 is 25.8 Å². The molecule has 1 aromatic carbocycles. The van der Waals surface area contributed by atoms with Crippen LogP contribution in [0.2, 0.25) is 0 Å². The minimum atomic E-state index is -0.584. The summed E-state index contributed by atoms with van der Waals surface area (Å²) in [4.78, 5) is 23.0. The van der Waals surface area contributed by atoms with Gasteiger partial charge >= 0.3 is 6.03 Å². The summed E-state index contributed by atoms with van der Waals surface area (Å²) < 4.78 is 10.5. The van der Waals surface area contributed by atoms with Gasteiger partial charge in [0.15, 0.2) is 18.1 Å². The number of carbonyl (C=O) groups is 2. The zero-order valence-electron chi connectivity index (χ0n) is 14.1. The number of amides is 3. The Morgan fingerprint density at radius 2 is 1.92 bits per heavy atom. The van der Waals surface area contributed by atoms with Gasteiger partial charge in [0, 0.05) is 17.8 Å². The zero-order valence-corrected chi connectivity index (χ0v) is 14.1. The Morgan fingerprint density at radius 1 is 1.21 bits per heavy atom. The monoisotopic (exact) mass is 335 g/mol. The van der Waals surface area contributed by atoms with E-state index in [1.54, 1.807) is 18.2 Å². The number of rotatable bonds is 6. The number of hydrogen-bond acceptors (Lipinski definition) is 4. The fourth-order valence-electron chi connectivity index (χ4n) is 2.77. The Kier molecular flexibility index (Phi) is 6.28. The van der Waals surface area contributed by atoms with Crippen LogP contribution in [-0.4, -0.2) is 31.7 Å². The molecule has 1 fully saturated rings. The number of anilines is 1. The number of ether oxygens (including phenoxy) is 2. The van der Waals surface area contributed by atoms with Crippen LogP contribution in [0.5, 0.6) is 11.5 Å². The van der Waals surface area contributed by atoms with E-state index in [-0.39, 0.29) is 18.7 Å². The minimum Gasteiger partial charge on any atom is -0.493 e. The normalized spacial score (nSPS) is 20.1. The summed E-state index contributed by atoms with van der Waals surface area (Å²) in [5.41, 5.74) is 5.63. The highest BCUT2D eigenvalue weighted by atomic mass is 16.5. The maximum atomic E-state index is 12.1. The van der Waals surface area contributed by atoms with Gasteiger partial charge in [-0.2, -0.15) is 0 Å². The molecular formula is C17H25N3O4. The maximum Gasteiger partial charge on any atom is 0.319 e. The zero-order chi connectivity index (χ0) is 17.5. The molecule has 0 radical (unpaired) electrons. The molecule has 0 atom stereocenters. The van der Waals surface area contributed by atoms with Crippen LogP contribution in [0.15, 0.2) is 18.2 Å². The minimum absolute atomic E-state index is 0.213. The first-order valence-corrected chi connectivity index (χ1v) is 8.14. The van der Waals surface area contributed by atoms with E-state index in [0.29, 0.717) is 17.2 Å². The summed E-state index contributed by atoms with van der Waals surface area (Å²) in [6, 6.07) is 4.93. The number of methoxy groups -OCH3 is 1. The van der Waals surface area contributed by atoms with Crippen molar-refractivity contribution in [2.75, 3.05) is 19.0 Å². The van der Waals surface area contributed by atoms with Crippen LogP contribution in [0.25, 0.3) is 0 Å². The van der Waals surface area contributed by atoms with Gasteiger partial charge in [-0.05, 0) is 43.7 Å². The van der Waals surface area contributed by atoms with Gasteiger partial charge in [0.25, 0.3) is 5.91 Å². The van der Waals surface area contributed by atoms with Crippen molar-refractivity contribution in [2.24, 2.45) is 11.7 Å². The van der Waals surface area contributed by atoms with Gasteiger partial charge in [-0.3, -0.25) is 4.79 Å². The van der Waals surface area contributed by atoms with E-state index in [4.69, 9.17) is 15.2 Å². The Labute approximate surface area is 141 Å². The van der Waals surface area contributed by atoms with Crippen LogP contribution >= 0.6 is 0 Å². The van der Waals surface area contributed by atoms with Crippen LogP contribution in [0.3, 0.4) is 0 Å². The van der Waals surface area contributed by atoms with Gasteiger partial charge in [-0.1, -0.05) is 6.92 Å². The molecule has 0 spiro atoms. The third kappa shape index (κ3) is 5.33. The molecular weight excluding hydrogens is 310 g/mol. The first kappa shape index (κ1) is 17.9. The number of urea groups is 1. The van der Waals surface area contributed by atoms with E-state index in [1.807, 2.05) is 0 Å². The molecule has 2 rings (SSSR count). The summed E-state index contributed by atoms with van der Waals surface area (Å²) >= 11 is 0. The topological polar surface area (TPSA) is 103 Å². The largest absolute Gasteiger partial charge is 0.493 e. The highest BCUT2D eigenvalue weighted by Gasteiger charge is 2.19. The highest BCUT2D eigenvalue weighted by molar-refractivity contribution is 5.89. The third-order valence-corrected chi connectivity index (χ3v) is 4.14. The predicted octanol–water partition coefficient (Wildman–Crippen LogP) is 2.26. The van der Waals surface area contributed by atoms with Crippen molar-refractivity contribution in [3.63, 3.8) is 0 Å². The van der Waals surface area contributed by atoms with Crippen LogP contribution in [0.1, 0.15) is 32.6 Å². The molecule has 3 amide bonds. The van der Waals surface area contributed by atoms with Crippen LogP contribution in [0, 0.1) is 5.92 Å². The van der Waals surface area contributed by atoms with E-state index in [2.05, 4.69) is 17.6 Å². The molecule has 1 aliphatic rings. The Morgan fingerprint density at radius 3 is 2.54 bits per heavy atom. The first-order valence-electron chi connectivity index (χ1n) is 8.14. The molecule has 0 heterocycles. The number of nitrogens with one attached hydrogen (secondary N) is 2. The quantitative estimate of drug-likeness (QED) is 0.742. The molecule has 0 unspecified atom stereocenters. The van der Waals surface area contributed by atoms with Gasteiger partial charge in [0.2, 0.25) is 0 Å². The molecule has 0 bridgehead atoms. The first-order chi connectivity index (χ1) is 11.5. The second kappa shape index (κ2) is 8.42. The predicted molar refractivity (Wildman–Crippen MR) is 91.3 cm³/mol. The molecule has 0 aliphatic heterocycles. The van der Waals surface area contributed by atoms with E-state index < -0.39 is 5.91 Å². The summed E-state index contributed by atoms with van der Waals surface area (Å²) in [5, 5.41) is 5.77. The Balaban J connectivity index is 1.94. The van der Waals surface area contributed by atoms with Crippen LogP contribution in [0.4, 0.5) is 10.5 Å². The lowest BCUT2D eigenvalue weighted by atomic mass is 9.87. The lowest BCUT2D eigenvalue weighted by Gasteiger charge is -2.27. The van der Waals surface area contributed by atoms with E-state index in [0.717, 1.165) is 31.6 Å². The average Bonchev–Trinajstić information content (AvgIpc) is 2.55. The molecule has 1 aromatic rings. The third-order valence-electron chi connectivity index (χ3n) is 4.14. The standard InChI is InChI=1S/C17H25N3O4/c1-11-3-5-12(6-4-11)19-17(22)20-13-7-8-14(23-2)15(9-13)24-10-16(18)21/h7-9,11-12H,3-6,10H2,1-2H3,(H2,18,21)(H2,19,20,22). The van der Waals surface area contributed by atoms with E-state index >= 15 is 0 Å². The maximum absolute atomic E-state index is 12.1. The summed E-state index contributed by atoms with van der Waals surface area (Å²) in [5.74, 6) is 0.960. The van der Waals surface area contributed by atoms with E-state index in [9.17, 15) is 9.59 Å². The van der Waals surface area contributed by atoms with Crippen molar-refractivity contribution in [1.29, 1.82) is 0 Å². The number of primary amides is 1. The van der Waals surface area contributed by atoms with Gasteiger partial charge in [-0.25, -0.2) is 4.79 Å². The van der Waals surface area contributed by atoms with Gasteiger partial charge in [-0.15, -0.1) is 0 Å². The Hall–Kier alpha value is -2.44. The molecule has 7 nitrogen and oxygen atoms in total. The molecule has 4 N–H and O–H groups in total. The van der Waals surface area contributed by atoms with Crippen molar-refractivity contribution in [3.8, 4) is 11.5 Å². The SMILES string of the molecule is COc1ccc(NC(=O)NC2CCC(C)CC2)cc1OCC(N)=O. The smallest absolute Gasteiger partial charge is 0.319 e. The van der Waals surface area contributed by atoms with Gasteiger partial charge in [0.1, 0.15) is 0 Å². The molecule has 0 saturated heterocycles. The van der Waals surface area contributed by atoms with Crippen molar-refractivity contribution < 1.29 is 19.1 Å². The molecule has 132 valence electrons. The molecule has 7 heteroatoms. The number of nitrogens with two attached hydrogens (primary N) is 1. The van der Waals surface area contributed by atoms with Crippen molar-refractivity contribution in [1.82, 2.24) is 5.32 Å². The molecule has 1 aliphatic carbocycles. The molecule has 0 aromatic heterocycles. The van der Waals surface area contributed by atoms with Crippen LogP contribution in [-0.2, 0) is 4.79 Å². The molecule has 1 saturated carbocycles. The summed E-state index contributed by atoms with van der Waals surface area (Å²) in [6.45, 7) is 1.98. The summed E-state index contributed by atoms with van der Waals surface area (Å²) in [7, 11) is 1.50. The van der Waals surface area contributed by atoms with Crippen molar-refractivity contribution >= 4 is 17.6 Å². The van der Waals surface area contributed by atoms with Crippen molar-refractivity contribution in [2.45, 2.75) is 38.6 Å². The lowest BCUT2D eigenvalue weighted by molar-refractivity contribution is -0.119. The number of carbonyl (C=O) groups excluding carboxylic acids is 2. The average molecular weight is 335 g/mol. The highest BCUT2D eigenvalue weighted by Crippen LogP contribution is 2.30. The fraction of sp³-hybridized carbons (Fsp3) is 0.529. The number of hydrogen-bond donors (Lipinski definition) is 3. The van der Waals surface area contributed by atoms with Gasteiger partial charge < -0.3 is 25.8 Å². The summed E-state index contributed by atoms with van der Waals surface area (Å²) in [6.07, 6.45) is 4.28. The second-order valence-electron chi connectivity index (χ2n) is 6.18. The van der Waals surface area contributed by atoms with Gasteiger partial charge in [0.05, 0.1) is 7.11 Å². The van der Waals surface area contributed by atoms with E-state index in [1.165, 1.54) is 7.11 Å². The lowest BCUT2D eigenvalue weighted by Crippen LogP contribution is -2.39. The second-order valence-corrected chi connectivity index (χ2v) is 6.18. The number of benzene rings is 1. The Bertz CT molecular complexity index is 583.